The lowest BCUT2D eigenvalue weighted by atomic mass is 9.97. The average molecular weight is 1490 g/mol. The largest absolute Gasteiger partial charge is 0.394 e. The Hall–Kier alpha value is -7.11. The number of hydrogen-bond donors (Lipinski definition) is 17. The molecule has 0 spiro atoms. The van der Waals surface area contributed by atoms with Gasteiger partial charge in [-0.2, -0.15) is 11.8 Å². The van der Waals surface area contributed by atoms with Crippen LogP contribution in [0, 0.1) is 11.8 Å². The molecule has 2 bridgehead atoms. The van der Waals surface area contributed by atoms with E-state index in [-0.39, 0.29) is 62.5 Å². The van der Waals surface area contributed by atoms with Crippen LogP contribution in [0.1, 0.15) is 92.2 Å². The highest BCUT2D eigenvalue weighted by molar-refractivity contribution is 8.77. The summed E-state index contributed by atoms with van der Waals surface area (Å²) >= 11 is 1.33. The van der Waals surface area contributed by atoms with Gasteiger partial charge in [0.25, 0.3) is 0 Å². The van der Waals surface area contributed by atoms with Crippen LogP contribution in [-0.2, 0) is 78.3 Å². The molecule has 5 rings (SSSR count). The number of nitrogens with zero attached hydrogens (tertiary/aromatic N) is 3. The molecule has 4 saturated heterocycles. The zero-order chi connectivity index (χ0) is 73.2. The van der Waals surface area contributed by atoms with Crippen molar-refractivity contribution in [2.45, 2.75) is 177 Å². The Bertz CT molecular complexity index is 3030. The molecule has 99 heavy (non-hydrogen) atoms. The van der Waals surface area contributed by atoms with E-state index >= 15 is 0 Å². The molecule has 19 N–H and O–H groups in total. The molecule has 552 valence electrons. The first kappa shape index (κ1) is 82.6. The monoisotopic (exact) mass is 1490 g/mol. The molecule has 0 saturated carbocycles. The Morgan fingerprint density at radius 1 is 0.606 bits per heavy atom. The number of carbonyl (C=O) groups excluding carboxylic acids is 15. The number of H-pyrrole nitrogens is 1. The third kappa shape index (κ3) is 24.3. The second kappa shape index (κ2) is 41.0. The quantitative estimate of drug-likeness (QED) is 0.0771. The number of aromatic amines is 1. The normalized spacial score (nSPS) is 29.4. The summed E-state index contributed by atoms with van der Waals surface area (Å²) in [6.07, 6.45) is 5.24. The number of primary amides is 1. The number of fused-ring (bicyclic) bond motifs is 10. The van der Waals surface area contributed by atoms with Crippen molar-refractivity contribution in [3.8, 4) is 0 Å². The molecular weight excluding hydrogens is 1390 g/mol. The number of imidazole rings is 1. The van der Waals surface area contributed by atoms with Crippen molar-refractivity contribution < 1.29 is 82.1 Å². The van der Waals surface area contributed by atoms with Gasteiger partial charge in [-0.25, -0.2) is 4.98 Å². The Morgan fingerprint density at radius 3 is 1.65 bits per heavy atom. The summed E-state index contributed by atoms with van der Waals surface area (Å²) in [6, 6.07) is -20.4. The number of aliphatic hydroxyl groups is 2. The lowest BCUT2D eigenvalue weighted by Crippen LogP contribution is -2.62. The third-order valence-corrected chi connectivity index (χ3v) is 22.3. The van der Waals surface area contributed by atoms with Gasteiger partial charge in [-0.05, 0) is 69.3 Å². The van der Waals surface area contributed by atoms with Gasteiger partial charge in [0.2, 0.25) is 88.6 Å². The average Bonchev–Trinajstić information content (AvgIpc) is 1.78. The van der Waals surface area contributed by atoms with Gasteiger partial charge in [-0.1, -0.05) is 84.2 Å². The molecule has 15 amide bonds. The van der Waals surface area contributed by atoms with E-state index in [0.717, 1.165) is 48.1 Å². The van der Waals surface area contributed by atoms with E-state index in [2.05, 4.69) is 73.8 Å². The number of hydrogen-bond acceptors (Lipinski definition) is 24. The molecule has 0 aromatic carbocycles. The smallest absolute Gasteiger partial charge is 0.248 e. The number of rotatable bonds is 14. The predicted octanol–water partition coefficient (Wildman–Crippen LogP) is -6.14. The molecule has 5 heterocycles. The summed E-state index contributed by atoms with van der Waals surface area (Å²) in [7, 11) is 3.57. The summed E-state index contributed by atoms with van der Waals surface area (Å²) in [5.74, 6) is -15.9. The van der Waals surface area contributed by atoms with Crippen LogP contribution < -0.4 is 75.3 Å². The fraction of sp³-hybridized carbons (Fsp3) is 0.695. The van der Waals surface area contributed by atoms with Crippen molar-refractivity contribution in [2.24, 2.45) is 23.3 Å². The van der Waals surface area contributed by atoms with Gasteiger partial charge in [0.1, 0.15) is 84.6 Å². The molecule has 4 aliphatic heterocycles. The van der Waals surface area contributed by atoms with Gasteiger partial charge in [0.05, 0.1) is 26.1 Å². The molecule has 0 radical (unpaired) electrons. The summed E-state index contributed by atoms with van der Waals surface area (Å²) in [5, 5.41) is 52.2. The zero-order valence-electron chi connectivity index (χ0n) is 56.2. The van der Waals surface area contributed by atoms with Gasteiger partial charge < -0.3 is 100 Å². The SMILES string of the molecule is CCC1NC(=O)[C@@H]2CSSC[C@H](NC(=O)CN)C(=O)N[C@@H](CSSC[C@@H](C(N)=O)NC(=O)[C@H]([C@@H](C)CC)NC(=O)[C@@H]3CCCN3C(=O)[C@H](CO)NC(=O)[C@H](CCSC)NC(=O)[C@H](C)NC1=O)C(=O)N[C@@H](CO)C(=O)N[C@@H](Cc1cnc[nH]1)C(=O)N1CCC[C@H]1C(=O)N[C@@H](C(C)C)C(=O)N2. The van der Waals surface area contributed by atoms with E-state index in [1.165, 1.54) is 36.1 Å². The van der Waals surface area contributed by atoms with E-state index in [1.807, 2.05) is 0 Å². The van der Waals surface area contributed by atoms with E-state index in [9.17, 15) is 82.1 Å². The number of aromatic nitrogens is 2. The molecule has 15 atom stereocenters. The molecule has 1 aromatic heterocycles. The second-order valence-corrected chi connectivity index (χ2v) is 30.5. The first-order valence-corrected chi connectivity index (χ1v) is 38.9. The maximum absolute atomic E-state index is 14.7. The summed E-state index contributed by atoms with van der Waals surface area (Å²) < 4.78 is 0. The van der Waals surface area contributed by atoms with Crippen molar-refractivity contribution in [1.82, 2.24) is 83.6 Å². The minimum absolute atomic E-state index is 0.000907. The van der Waals surface area contributed by atoms with Gasteiger partial charge in [-0.3, -0.25) is 71.9 Å². The second-order valence-electron chi connectivity index (χ2n) is 24.4. The lowest BCUT2D eigenvalue weighted by Gasteiger charge is -2.31. The van der Waals surface area contributed by atoms with Gasteiger partial charge >= 0.3 is 0 Å². The van der Waals surface area contributed by atoms with Crippen LogP contribution in [0.15, 0.2) is 12.5 Å². The van der Waals surface area contributed by atoms with E-state index < -0.39 is 211 Å². The van der Waals surface area contributed by atoms with E-state index in [1.54, 1.807) is 40.9 Å². The van der Waals surface area contributed by atoms with Crippen LogP contribution in [0.5, 0.6) is 0 Å². The first-order chi connectivity index (χ1) is 47.1. The third-order valence-electron chi connectivity index (χ3n) is 16.8. The summed E-state index contributed by atoms with van der Waals surface area (Å²) in [5.41, 5.74) is 11.9. The fourth-order valence-corrected chi connectivity index (χ4v) is 16.0. The Labute approximate surface area is 592 Å². The summed E-state index contributed by atoms with van der Waals surface area (Å²) in [4.78, 5) is 222. The molecule has 4 fully saturated rings. The van der Waals surface area contributed by atoms with Crippen LogP contribution in [0.2, 0.25) is 0 Å². The number of thioether (sulfide) groups is 1. The lowest BCUT2D eigenvalue weighted by molar-refractivity contribution is -0.143. The number of nitrogens with one attached hydrogen (secondary N) is 13. The topological polar surface area (TPSA) is 528 Å². The minimum atomic E-state index is -1.82. The molecule has 4 aliphatic rings. The molecule has 35 nitrogen and oxygen atoms in total. The fourth-order valence-electron chi connectivity index (χ4n) is 10.8. The number of amides is 15. The van der Waals surface area contributed by atoms with Crippen LogP contribution in [0.4, 0.5) is 0 Å². The maximum atomic E-state index is 14.7. The Balaban J connectivity index is 1.62. The van der Waals surface area contributed by atoms with Crippen LogP contribution in [0.3, 0.4) is 0 Å². The number of nitrogens with two attached hydrogens (primary N) is 2. The minimum Gasteiger partial charge on any atom is -0.394 e. The maximum Gasteiger partial charge on any atom is 0.248 e. The molecule has 0 aliphatic carbocycles. The highest BCUT2D eigenvalue weighted by Crippen LogP contribution is 2.27. The standard InChI is InChI=1S/C59H94N18O17S5/c1-8-29(5)45-57(92)71-37(46(61)81)23-96-98-25-39-53(88)69-35(21-78)50(85)68-34(18-31-20-62-27-63-31)58(93)76-15-10-12-41(76)54(89)74-44(28(3)4)56(91)73-40(26-99-97-24-38(51(86)72-39)65-43(80)19-60)52(87)66-32(9-2)48(83)64-30(6)47(82)67-33(14-17-95-7)49(84)70-36(22-79)59(94)77-16-11-13-42(77)55(90)75-45/h20,27-30,32-42,44-45,78-79H,8-19,21-26,60H2,1-7H3,(H2,61,81)(H,62,63)(H,64,83)(H,65,80)(H,66,87)(H,67,82)(H,68,85)(H,69,88)(H,70,84)(H,71,92)(H,72,86)(H,73,91)(H,74,89)(H,75,90)/t29-,30-,32?,33-,34-,35-,36-,37-,38-,39-,40-,41-,42-,44-,45-/m0/s1. The van der Waals surface area contributed by atoms with Crippen LogP contribution in [-0.4, -0.2) is 271 Å². The van der Waals surface area contributed by atoms with Crippen LogP contribution >= 0.6 is 54.9 Å². The van der Waals surface area contributed by atoms with Gasteiger partial charge in [0, 0.05) is 54.4 Å². The Kier molecular flexibility index (Phi) is 34.2. The summed E-state index contributed by atoms with van der Waals surface area (Å²) in [6.45, 7) is 6.85. The molecule has 1 unspecified atom stereocenters. The first-order valence-electron chi connectivity index (χ1n) is 32.5. The van der Waals surface area contributed by atoms with Gasteiger partial charge in [-0.15, -0.1) is 0 Å². The molecular formula is C59H94N18O17S5. The molecule has 40 heteroatoms. The van der Waals surface area contributed by atoms with Crippen molar-refractivity contribution in [3.63, 3.8) is 0 Å². The predicted molar refractivity (Wildman–Crippen MR) is 370 cm³/mol. The van der Waals surface area contributed by atoms with Crippen molar-refractivity contribution in [1.29, 1.82) is 0 Å². The van der Waals surface area contributed by atoms with Crippen LogP contribution in [0.25, 0.3) is 0 Å². The number of carbonyl (C=O) groups is 15. The van der Waals surface area contributed by atoms with Crippen molar-refractivity contribution in [2.75, 3.05) is 67.9 Å². The highest BCUT2D eigenvalue weighted by atomic mass is 33.1. The van der Waals surface area contributed by atoms with E-state index in [4.69, 9.17) is 11.5 Å². The van der Waals surface area contributed by atoms with Gasteiger partial charge in [0.15, 0.2) is 0 Å². The van der Waals surface area contributed by atoms with Crippen molar-refractivity contribution >= 4 is 144 Å². The van der Waals surface area contributed by atoms with E-state index in [0.29, 0.717) is 30.7 Å². The highest BCUT2D eigenvalue weighted by Gasteiger charge is 2.44. The molecule has 1 aromatic rings. The number of aliphatic hydroxyl groups excluding tert-OH is 2. The van der Waals surface area contributed by atoms with Crippen molar-refractivity contribution in [3.05, 3.63) is 18.2 Å². The Morgan fingerprint density at radius 2 is 1.11 bits per heavy atom. The zero-order valence-corrected chi connectivity index (χ0v) is 60.3.